The molecular formula is C13H14O2S. The van der Waals surface area contributed by atoms with Crippen molar-refractivity contribution in [2.45, 2.75) is 13.3 Å². The van der Waals surface area contributed by atoms with Gasteiger partial charge < -0.3 is 9.84 Å². The maximum atomic E-state index is 9.51. The highest BCUT2D eigenvalue weighted by Crippen LogP contribution is 2.26. The molecule has 0 bridgehead atoms. The minimum Gasteiger partial charge on any atom is -0.508 e. The van der Waals surface area contributed by atoms with Gasteiger partial charge in [0.05, 0.1) is 6.61 Å². The molecule has 0 unspecified atom stereocenters. The Balaban J connectivity index is 1.92. The van der Waals surface area contributed by atoms with Crippen LogP contribution in [0.3, 0.4) is 0 Å². The summed E-state index contributed by atoms with van der Waals surface area (Å²) in [5.74, 6) is 1.05. The predicted molar refractivity (Wildman–Crippen MR) is 66.4 cm³/mol. The third-order valence-corrected chi connectivity index (χ3v) is 3.38. The Labute approximate surface area is 99.1 Å². The molecule has 0 saturated heterocycles. The van der Waals surface area contributed by atoms with E-state index in [0.29, 0.717) is 6.61 Å². The third kappa shape index (κ3) is 2.55. The second kappa shape index (κ2) is 5.03. The first-order chi connectivity index (χ1) is 7.77. The summed E-state index contributed by atoms with van der Waals surface area (Å²) in [6.07, 6.45) is 0.909. The van der Waals surface area contributed by atoms with Crippen LogP contribution < -0.4 is 4.74 Å². The summed E-state index contributed by atoms with van der Waals surface area (Å²) in [7, 11) is 0. The fourth-order valence-corrected chi connectivity index (χ4v) is 2.17. The molecule has 0 radical (unpaired) electrons. The lowest BCUT2D eigenvalue weighted by Crippen LogP contribution is -2.01. The van der Waals surface area contributed by atoms with Crippen LogP contribution in [0, 0.1) is 6.92 Å². The Bertz CT molecular complexity index is 449. The average molecular weight is 234 g/mol. The number of phenols is 1. The molecule has 16 heavy (non-hydrogen) atoms. The first-order valence-corrected chi connectivity index (χ1v) is 6.09. The number of ether oxygens (including phenoxy) is 1. The number of hydrogen-bond donors (Lipinski definition) is 1. The van der Waals surface area contributed by atoms with E-state index in [0.717, 1.165) is 17.7 Å². The summed E-state index contributed by atoms with van der Waals surface area (Å²) in [6, 6.07) is 9.48. The summed E-state index contributed by atoms with van der Waals surface area (Å²) in [5.41, 5.74) is 0.800. The molecular weight excluding hydrogens is 220 g/mol. The van der Waals surface area contributed by atoms with Crippen LogP contribution in [0.4, 0.5) is 0 Å². The maximum absolute atomic E-state index is 9.51. The summed E-state index contributed by atoms with van der Waals surface area (Å²) >= 11 is 1.74. The standard InChI is InChI=1S/C13H14O2S/c1-10-12(14)5-2-6-13(10)15-8-7-11-4-3-9-16-11/h2-6,9,14H,7-8H2,1H3. The van der Waals surface area contributed by atoms with Crippen LogP contribution in [-0.4, -0.2) is 11.7 Å². The van der Waals surface area contributed by atoms with Crippen molar-refractivity contribution in [3.05, 3.63) is 46.2 Å². The summed E-state index contributed by atoms with van der Waals surface area (Å²) < 4.78 is 5.64. The van der Waals surface area contributed by atoms with Crippen LogP contribution >= 0.6 is 11.3 Å². The number of hydrogen-bond acceptors (Lipinski definition) is 3. The van der Waals surface area contributed by atoms with E-state index in [1.54, 1.807) is 23.5 Å². The molecule has 0 saturated carbocycles. The Hall–Kier alpha value is -1.48. The molecule has 0 atom stereocenters. The van der Waals surface area contributed by atoms with Crippen molar-refractivity contribution in [2.24, 2.45) is 0 Å². The Kier molecular flexibility index (Phi) is 3.47. The fraction of sp³-hybridized carbons (Fsp3) is 0.231. The molecule has 1 aromatic heterocycles. The van der Waals surface area contributed by atoms with Gasteiger partial charge in [0.1, 0.15) is 11.5 Å². The zero-order valence-electron chi connectivity index (χ0n) is 9.14. The number of phenolic OH excluding ortho intramolecular Hbond substituents is 1. The number of thiophene rings is 1. The van der Waals surface area contributed by atoms with Gasteiger partial charge in [-0.3, -0.25) is 0 Å². The minimum atomic E-state index is 0.286. The van der Waals surface area contributed by atoms with E-state index in [1.165, 1.54) is 4.88 Å². The summed E-state index contributed by atoms with van der Waals surface area (Å²) in [6.45, 7) is 2.50. The molecule has 0 amide bonds. The number of benzene rings is 1. The lowest BCUT2D eigenvalue weighted by molar-refractivity contribution is 0.318. The molecule has 2 nitrogen and oxygen atoms in total. The lowest BCUT2D eigenvalue weighted by atomic mass is 10.2. The van der Waals surface area contributed by atoms with Crippen molar-refractivity contribution in [3.8, 4) is 11.5 Å². The van der Waals surface area contributed by atoms with Gasteiger partial charge in [0.25, 0.3) is 0 Å². The molecule has 1 N–H and O–H groups in total. The Morgan fingerprint density at radius 2 is 2.12 bits per heavy atom. The molecule has 0 spiro atoms. The zero-order valence-corrected chi connectivity index (χ0v) is 9.96. The van der Waals surface area contributed by atoms with E-state index in [4.69, 9.17) is 4.74 Å². The van der Waals surface area contributed by atoms with Gasteiger partial charge in [-0.05, 0) is 30.5 Å². The predicted octanol–water partition coefficient (Wildman–Crippen LogP) is 3.38. The van der Waals surface area contributed by atoms with Crippen molar-refractivity contribution in [3.63, 3.8) is 0 Å². The van der Waals surface area contributed by atoms with Crippen molar-refractivity contribution >= 4 is 11.3 Å². The largest absolute Gasteiger partial charge is 0.508 e. The van der Waals surface area contributed by atoms with Gasteiger partial charge in [-0.2, -0.15) is 0 Å². The first-order valence-electron chi connectivity index (χ1n) is 5.21. The van der Waals surface area contributed by atoms with Crippen molar-refractivity contribution in [1.29, 1.82) is 0 Å². The van der Waals surface area contributed by atoms with Gasteiger partial charge >= 0.3 is 0 Å². The van der Waals surface area contributed by atoms with E-state index < -0.39 is 0 Å². The third-order valence-electron chi connectivity index (χ3n) is 2.44. The molecule has 0 aliphatic heterocycles. The Morgan fingerprint density at radius 1 is 1.25 bits per heavy atom. The molecule has 3 heteroatoms. The van der Waals surface area contributed by atoms with Crippen LogP contribution in [0.1, 0.15) is 10.4 Å². The monoisotopic (exact) mass is 234 g/mol. The average Bonchev–Trinajstić information content (AvgIpc) is 2.77. The van der Waals surface area contributed by atoms with Crippen molar-refractivity contribution < 1.29 is 9.84 Å². The van der Waals surface area contributed by atoms with Crippen LogP contribution in [0.2, 0.25) is 0 Å². The highest BCUT2D eigenvalue weighted by atomic mass is 32.1. The van der Waals surface area contributed by atoms with E-state index in [-0.39, 0.29) is 5.75 Å². The number of rotatable bonds is 4. The van der Waals surface area contributed by atoms with Crippen LogP contribution in [0.15, 0.2) is 35.7 Å². The van der Waals surface area contributed by atoms with Gasteiger partial charge in [-0.25, -0.2) is 0 Å². The van der Waals surface area contributed by atoms with E-state index in [2.05, 4.69) is 11.4 Å². The smallest absolute Gasteiger partial charge is 0.125 e. The van der Waals surface area contributed by atoms with Crippen molar-refractivity contribution in [2.75, 3.05) is 6.61 Å². The second-order valence-electron chi connectivity index (χ2n) is 3.58. The fourth-order valence-electron chi connectivity index (χ4n) is 1.48. The highest BCUT2D eigenvalue weighted by molar-refractivity contribution is 7.09. The van der Waals surface area contributed by atoms with Crippen molar-refractivity contribution in [1.82, 2.24) is 0 Å². The molecule has 2 aromatic rings. The van der Waals surface area contributed by atoms with Gasteiger partial charge in [0, 0.05) is 16.9 Å². The van der Waals surface area contributed by atoms with Gasteiger partial charge in [-0.1, -0.05) is 12.1 Å². The molecule has 1 aromatic carbocycles. The Morgan fingerprint density at radius 3 is 2.88 bits per heavy atom. The van der Waals surface area contributed by atoms with Crippen LogP contribution in [0.5, 0.6) is 11.5 Å². The second-order valence-corrected chi connectivity index (χ2v) is 4.61. The zero-order chi connectivity index (χ0) is 11.4. The molecule has 1 heterocycles. The quantitative estimate of drug-likeness (QED) is 0.878. The van der Waals surface area contributed by atoms with Gasteiger partial charge in [-0.15, -0.1) is 11.3 Å². The number of aromatic hydroxyl groups is 1. The van der Waals surface area contributed by atoms with E-state index >= 15 is 0 Å². The SMILES string of the molecule is Cc1c(O)cccc1OCCc1cccs1. The molecule has 84 valence electrons. The van der Waals surface area contributed by atoms with Crippen LogP contribution in [-0.2, 0) is 6.42 Å². The van der Waals surface area contributed by atoms with E-state index in [1.807, 2.05) is 19.1 Å². The first kappa shape index (κ1) is 11.0. The van der Waals surface area contributed by atoms with Gasteiger partial charge in [0.2, 0.25) is 0 Å². The van der Waals surface area contributed by atoms with E-state index in [9.17, 15) is 5.11 Å². The molecule has 0 fully saturated rings. The summed E-state index contributed by atoms with van der Waals surface area (Å²) in [5, 5.41) is 11.6. The lowest BCUT2D eigenvalue weighted by Gasteiger charge is -2.09. The molecule has 0 aliphatic carbocycles. The highest BCUT2D eigenvalue weighted by Gasteiger charge is 2.03. The normalized spacial score (nSPS) is 10.3. The molecule has 2 rings (SSSR count). The topological polar surface area (TPSA) is 29.5 Å². The maximum Gasteiger partial charge on any atom is 0.125 e. The molecule has 0 aliphatic rings. The van der Waals surface area contributed by atoms with Crippen LogP contribution in [0.25, 0.3) is 0 Å². The summed E-state index contributed by atoms with van der Waals surface area (Å²) in [4.78, 5) is 1.32. The minimum absolute atomic E-state index is 0.286. The van der Waals surface area contributed by atoms with Gasteiger partial charge in [0.15, 0.2) is 0 Å².